The van der Waals surface area contributed by atoms with E-state index in [0.29, 0.717) is 0 Å². The molecule has 1 unspecified atom stereocenters. The molecule has 0 spiro atoms. The van der Waals surface area contributed by atoms with Crippen LogP contribution in [0.15, 0.2) is 54.6 Å². The minimum absolute atomic E-state index is 0.0147. The number of fused-ring (bicyclic) bond motifs is 2. The smallest absolute Gasteiger partial charge is 0.252 e. The highest BCUT2D eigenvalue weighted by molar-refractivity contribution is 6.07. The van der Waals surface area contributed by atoms with E-state index in [1.807, 2.05) is 61.5 Å². The van der Waals surface area contributed by atoms with Gasteiger partial charge in [-0.1, -0.05) is 55.5 Å². The Labute approximate surface area is 160 Å². The normalized spacial score (nSPS) is 15.3. The van der Waals surface area contributed by atoms with Crippen LogP contribution in [0.3, 0.4) is 0 Å². The molecule has 4 nitrogen and oxygen atoms in total. The SMILES string of the molecule is CCN1CCc2nc3ccccc3c(C(=O)NC(C)c3ccccc3)c2C1. The summed E-state index contributed by atoms with van der Waals surface area (Å²) >= 11 is 0. The molecule has 138 valence electrons. The molecule has 27 heavy (non-hydrogen) atoms. The van der Waals surface area contributed by atoms with Crippen molar-refractivity contribution in [3.05, 3.63) is 77.0 Å². The summed E-state index contributed by atoms with van der Waals surface area (Å²) in [6.45, 7) is 6.95. The van der Waals surface area contributed by atoms with Gasteiger partial charge in [-0.3, -0.25) is 14.7 Å². The second-order valence-electron chi connectivity index (χ2n) is 7.15. The second kappa shape index (κ2) is 7.49. The quantitative estimate of drug-likeness (QED) is 0.763. The highest BCUT2D eigenvalue weighted by Gasteiger charge is 2.25. The van der Waals surface area contributed by atoms with Crippen molar-refractivity contribution < 1.29 is 4.79 Å². The van der Waals surface area contributed by atoms with Gasteiger partial charge in [0.15, 0.2) is 0 Å². The molecule has 4 rings (SSSR count). The van der Waals surface area contributed by atoms with Crippen molar-refractivity contribution in [3.8, 4) is 0 Å². The first-order valence-electron chi connectivity index (χ1n) is 9.66. The third-order valence-corrected chi connectivity index (χ3v) is 5.45. The van der Waals surface area contributed by atoms with E-state index in [2.05, 4.69) is 17.1 Å². The van der Waals surface area contributed by atoms with Gasteiger partial charge in [-0.2, -0.15) is 0 Å². The molecule has 0 saturated carbocycles. The summed E-state index contributed by atoms with van der Waals surface area (Å²) in [6.07, 6.45) is 0.891. The Bertz CT molecular complexity index is 968. The standard InChI is InChI=1S/C23H25N3O/c1-3-26-14-13-21-19(15-26)22(18-11-7-8-12-20(18)25-21)23(27)24-16(2)17-9-5-4-6-10-17/h4-12,16H,3,13-15H2,1-2H3,(H,24,27). The first-order valence-corrected chi connectivity index (χ1v) is 9.66. The van der Waals surface area contributed by atoms with Crippen molar-refractivity contribution >= 4 is 16.8 Å². The monoisotopic (exact) mass is 359 g/mol. The molecule has 1 N–H and O–H groups in total. The minimum Gasteiger partial charge on any atom is -0.345 e. The van der Waals surface area contributed by atoms with Gasteiger partial charge in [0.05, 0.1) is 17.1 Å². The predicted octanol–water partition coefficient (Wildman–Crippen LogP) is 4.10. The van der Waals surface area contributed by atoms with Crippen LogP contribution in [-0.2, 0) is 13.0 Å². The molecule has 0 saturated heterocycles. The van der Waals surface area contributed by atoms with Crippen molar-refractivity contribution in [2.45, 2.75) is 32.9 Å². The number of nitrogens with one attached hydrogen (secondary N) is 1. The average molecular weight is 359 g/mol. The summed E-state index contributed by atoms with van der Waals surface area (Å²) in [7, 11) is 0. The highest BCUT2D eigenvalue weighted by atomic mass is 16.1. The molecule has 1 amide bonds. The maximum Gasteiger partial charge on any atom is 0.252 e. The van der Waals surface area contributed by atoms with Crippen molar-refractivity contribution in [1.82, 2.24) is 15.2 Å². The topological polar surface area (TPSA) is 45.2 Å². The third-order valence-electron chi connectivity index (χ3n) is 5.45. The van der Waals surface area contributed by atoms with Gasteiger partial charge < -0.3 is 5.32 Å². The number of aromatic nitrogens is 1. The number of pyridine rings is 1. The Morgan fingerprint density at radius 3 is 2.67 bits per heavy atom. The van der Waals surface area contributed by atoms with E-state index < -0.39 is 0 Å². The number of para-hydroxylation sites is 1. The Hall–Kier alpha value is -2.72. The van der Waals surface area contributed by atoms with E-state index in [-0.39, 0.29) is 11.9 Å². The predicted molar refractivity (Wildman–Crippen MR) is 109 cm³/mol. The zero-order valence-corrected chi connectivity index (χ0v) is 15.9. The van der Waals surface area contributed by atoms with Gasteiger partial charge in [0.25, 0.3) is 5.91 Å². The first kappa shape index (κ1) is 17.7. The number of carbonyl (C=O) groups excluding carboxylic acids is 1. The molecule has 0 radical (unpaired) electrons. The molecular formula is C23H25N3O. The van der Waals surface area contributed by atoms with Crippen LogP contribution in [0.1, 0.15) is 47.1 Å². The van der Waals surface area contributed by atoms with E-state index in [1.165, 1.54) is 0 Å². The van der Waals surface area contributed by atoms with Crippen LogP contribution in [-0.4, -0.2) is 28.9 Å². The molecule has 1 aliphatic heterocycles. The molecule has 3 aromatic rings. The zero-order valence-electron chi connectivity index (χ0n) is 15.9. The number of rotatable bonds is 4. The maximum absolute atomic E-state index is 13.4. The number of amides is 1. The van der Waals surface area contributed by atoms with Crippen LogP contribution in [0.5, 0.6) is 0 Å². The fourth-order valence-electron chi connectivity index (χ4n) is 3.87. The van der Waals surface area contributed by atoms with E-state index in [4.69, 9.17) is 4.98 Å². The van der Waals surface area contributed by atoms with Crippen LogP contribution < -0.4 is 5.32 Å². The highest BCUT2D eigenvalue weighted by Crippen LogP contribution is 2.28. The lowest BCUT2D eigenvalue weighted by Gasteiger charge is -2.29. The number of hydrogen-bond donors (Lipinski definition) is 1. The Kier molecular flexibility index (Phi) is 4.90. The molecule has 0 aliphatic carbocycles. The summed E-state index contributed by atoms with van der Waals surface area (Å²) in [4.78, 5) is 20.6. The minimum atomic E-state index is -0.0489. The van der Waals surface area contributed by atoms with Crippen LogP contribution in [0, 0.1) is 0 Å². The van der Waals surface area contributed by atoms with Crippen LogP contribution in [0.25, 0.3) is 10.9 Å². The Morgan fingerprint density at radius 1 is 1.15 bits per heavy atom. The average Bonchev–Trinajstić information content (AvgIpc) is 2.72. The van der Waals surface area contributed by atoms with Gasteiger partial charge in [0, 0.05) is 36.2 Å². The summed E-state index contributed by atoms with van der Waals surface area (Å²) in [5, 5.41) is 4.14. The van der Waals surface area contributed by atoms with Gasteiger partial charge >= 0.3 is 0 Å². The third kappa shape index (κ3) is 3.45. The van der Waals surface area contributed by atoms with Gasteiger partial charge in [0.2, 0.25) is 0 Å². The van der Waals surface area contributed by atoms with Crippen LogP contribution in [0.4, 0.5) is 0 Å². The molecule has 1 aliphatic rings. The molecule has 1 atom stereocenters. The van der Waals surface area contributed by atoms with Crippen molar-refractivity contribution in [2.24, 2.45) is 0 Å². The molecule has 2 heterocycles. The van der Waals surface area contributed by atoms with Gasteiger partial charge in [0.1, 0.15) is 0 Å². The number of carbonyl (C=O) groups is 1. The molecule has 1 aromatic heterocycles. The fourth-order valence-corrected chi connectivity index (χ4v) is 3.87. The van der Waals surface area contributed by atoms with Gasteiger partial charge in [-0.05, 0) is 25.1 Å². The zero-order chi connectivity index (χ0) is 18.8. The summed E-state index contributed by atoms with van der Waals surface area (Å²) in [6, 6.07) is 18.0. The van der Waals surface area contributed by atoms with E-state index in [1.54, 1.807) is 0 Å². The first-order chi connectivity index (χ1) is 13.2. The van der Waals surface area contributed by atoms with Crippen molar-refractivity contribution in [2.75, 3.05) is 13.1 Å². The number of nitrogens with zero attached hydrogens (tertiary/aromatic N) is 2. The van der Waals surface area contributed by atoms with Crippen molar-refractivity contribution in [1.29, 1.82) is 0 Å². The van der Waals surface area contributed by atoms with Crippen LogP contribution in [0.2, 0.25) is 0 Å². The lowest BCUT2D eigenvalue weighted by Crippen LogP contribution is -2.34. The number of likely N-dealkylation sites (N-methyl/N-ethyl adjacent to an activating group) is 1. The van der Waals surface area contributed by atoms with E-state index >= 15 is 0 Å². The van der Waals surface area contributed by atoms with Gasteiger partial charge in [-0.15, -0.1) is 0 Å². The van der Waals surface area contributed by atoms with E-state index in [9.17, 15) is 4.79 Å². The molecule has 2 aromatic carbocycles. The Balaban J connectivity index is 1.76. The van der Waals surface area contributed by atoms with E-state index in [0.717, 1.165) is 59.3 Å². The van der Waals surface area contributed by atoms with Crippen molar-refractivity contribution in [3.63, 3.8) is 0 Å². The lowest BCUT2D eigenvalue weighted by molar-refractivity contribution is 0.0938. The maximum atomic E-state index is 13.4. The fraction of sp³-hybridized carbons (Fsp3) is 0.304. The van der Waals surface area contributed by atoms with Crippen LogP contribution >= 0.6 is 0 Å². The van der Waals surface area contributed by atoms with Gasteiger partial charge in [-0.25, -0.2) is 0 Å². The largest absolute Gasteiger partial charge is 0.345 e. The number of benzene rings is 2. The molecule has 0 bridgehead atoms. The molecule has 4 heteroatoms. The molecular weight excluding hydrogens is 334 g/mol. The second-order valence-corrected chi connectivity index (χ2v) is 7.15. The lowest BCUT2D eigenvalue weighted by atomic mass is 9.94. The summed E-state index contributed by atoms with van der Waals surface area (Å²) in [5.74, 6) is -0.0147. The summed E-state index contributed by atoms with van der Waals surface area (Å²) < 4.78 is 0. The summed E-state index contributed by atoms with van der Waals surface area (Å²) in [5.41, 5.74) is 4.94. The Morgan fingerprint density at radius 2 is 1.89 bits per heavy atom. The molecule has 0 fully saturated rings. The number of hydrogen-bond acceptors (Lipinski definition) is 3.